The summed E-state index contributed by atoms with van der Waals surface area (Å²) < 4.78 is 0. The van der Waals surface area contributed by atoms with Gasteiger partial charge in [0, 0.05) is 38.8 Å². The summed E-state index contributed by atoms with van der Waals surface area (Å²) in [6.45, 7) is 11.0. The van der Waals surface area contributed by atoms with Gasteiger partial charge in [-0.1, -0.05) is 0 Å². The molecule has 1 heterocycles. The maximum Gasteiger partial charge on any atom is 0.188 e. The Kier molecular flexibility index (Phi) is 7.05. The molecule has 0 radical (unpaired) electrons. The van der Waals surface area contributed by atoms with E-state index in [1.807, 2.05) is 0 Å². The molecule has 0 aromatic rings. The Morgan fingerprint density at radius 1 is 1.22 bits per heavy atom. The molecular formula is C13H29N5. The quantitative estimate of drug-likeness (QED) is 0.408. The first-order valence-electron chi connectivity index (χ1n) is 7.05. The Labute approximate surface area is 111 Å². The van der Waals surface area contributed by atoms with Crippen LogP contribution < -0.4 is 11.1 Å². The Bertz CT molecular complexity index is 244. The van der Waals surface area contributed by atoms with Crippen LogP contribution in [0, 0.1) is 0 Å². The molecule has 0 saturated carbocycles. The van der Waals surface area contributed by atoms with Crippen molar-refractivity contribution < 1.29 is 0 Å². The fourth-order valence-corrected chi connectivity index (χ4v) is 2.06. The van der Waals surface area contributed by atoms with Gasteiger partial charge in [-0.2, -0.15) is 0 Å². The molecule has 3 N–H and O–H groups in total. The van der Waals surface area contributed by atoms with Gasteiger partial charge < -0.3 is 20.9 Å². The van der Waals surface area contributed by atoms with Gasteiger partial charge in [-0.15, -0.1) is 0 Å². The molecule has 0 amide bonds. The number of nitrogens with zero attached hydrogens (tertiary/aromatic N) is 3. The van der Waals surface area contributed by atoms with Crippen molar-refractivity contribution in [2.24, 2.45) is 10.7 Å². The second kappa shape index (κ2) is 8.32. The van der Waals surface area contributed by atoms with Crippen LogP contribution in [0.2, 0.25) is 0 Å². The normalized spacial score (nSPS) is 19.4. The third-order valence-corrected chi connectivity index (χ3v) is 3.20. The van der Waals surface area contributed by atoms with Crippen LogP contribution >= 0.6 is 0 Å². The van der Waals surface area contributed by atoms with Crippen LogP contribution in [-0.2, 0) is 0 Å². The molecule has 0 aliphatic carbocycles. The molecule has 5 heteroatoms. The number of nitrogens with two attached hydrogens (primary N) is 1. The van der Waals surface area contributed by atoms with E-state index >= 15 is 0 Å². The number of hydrogen-bond donors (Lipinski definition) is 2. The van der Waals surface area contributed by atoms with E-state index in [-0.39, 0.29) is 0 Å². The van der Waals surface area contributed by atoms with Crippen LogP contribution in [0.3, 0.4) is 0 Å². The largest absolute Gasteiger partial charge is 0.370 e. The van der Waals surface area contributed by atoms with Crippen molar-refractivity contribution >= 4 is 5.96 Å². The number of aliphatic imine (C=N–C) groups is 1. The lowest BCUT2D eigenvalue weighted by atomic mass is 10.2. The lowest BCUT2D eigenvalue weighted by molar-refractivity contribution is 0.152. The average molecular weight is 255 g/mol. The predicted molar refractivity (Wildman–Crippen MR) is 77.9 cm³/mol. The molecule has 0 spiro atoms. The van der Waals surface area contributed by atoms with Gasteiger partial charge in [0.2, 0.25) is 0 Å². The van der Waals surface area contributed by atoms with Gasteiger partial charge in [-0.25, -0.2) is 0 Å². The van der Waals surface area contributed by atoms with Gasteiger partial charge >= 0.3 is 0 Å². The third-order valence-electron chi connectivity index (χ3n) is 3.20. The van der Waals surface area contributed by atoms with Crippen LogP contribution in [0.15, 0.2) is 4.99 Å². The highest BCUT2D eigenvalue weighted by Gasteiger charge is 2.12. The zero-order valence-electron chi connectivity index (χ0n) is 12.2. The number of guanidine groups is 1. The molecule has 1 aliphatic rings. The monoisotopic (exact) mass is 255 g/mol. The SMILES string of the molecule is CC(C)NC(N)=NCCCCN1CCN(C)CC1. The molecule has 106 valence electrons. The van der Waals surface area contributed by atoms with Crippen molar-refractivity contribution in [3.8, 4) is 0 Å². The van der Waals surface area contributed by atoms with E-state index < -0.39 is 0 Å². The summed E-state index contributed by atoms with van der Waals surface area (Å²) in [5.74, 6) is 0.574. The molecule has 0 aromatic heterocycles. The Hall–Kier alpha value is -0.810. The summed E-state index contributed by atoms with van der Waals surface area (Å²) in [6.07, 6.45) is 2.33. The first kappa shape index (κ1) is 15.2. The molecular weight excluding hydrogens is 226 g/mol. The lowest BCUT2D eigenvalue weighted by Crippen LogP contribution is -2.44. The number of unbranched alkanes of at least 4 members (excludes halogenated alkanes) is 1. The zero-order chi connectivity index (χ0) is 13.4. The summed E-state index contributed by atoms with van der Waals surface area (Å²) >= 11 is 0. The minimum atomic E-state index is 0.360. The van der Waals surface area contributed by atoms with Gasteiger partial charge in [0.1, 0.15) is 0 Å². The molecule has 0 bridgehead atoms. The average Bonchev–Trinajstić information content (AvgIpc) is 2.30. The number of rotatable bonds is 6. The van der Waals surface area contributed by atoms with Crippen LogP contribution in [-0.4, -0.2) is 68.1 Å². The second-order valence-electron chi connectivity index (χ2n) is 5.42. The molecule has 1 rings (SSSR count). The fraction of sp³-hybridized carbons (Fsp3) is 0.923. The van der Waals surface area contributed by atoms with E-state index in [4.69, 9.17) is 5.73 Å². The molecule has 18 heavy (non-hydrogen) atoms. The highest BCUT2D eigenvalue weighted by Crippen LogP contribution is 2.01. The smallest absolute Gasteiger partial charge is 0.188 e. The van der Waals surface area contributed by atoms with Crippen molar-refractivity contribution in [2.75, 3.05) is 46.3 Å². The summed E-state index contributed by atoms with van der Waals surface area (Å²) in [4.78, 5) is 9.24. The van der Waals surface area contributed by atoms with Gasteiger partial charge in [0.05, 0.1) is 0 Å². The van der Waals surface area contributed by atoms with Crippen LogP contribution in [0.1, 0.15) is 26.7 Å². The second-order valence-corrected chi connectivity index (χ2v) is 5.42. The third kappa shape index (κ3) is 6.81. The maximum atomic E-state index is 5.74. The first-order chi connectivity index (χ1) is 8.58. The number of likely N-dealkylation sites (N-methyl/N-ethyl adjacent to an activating group) is 1. The highest BCUT2D eigenvalue weighted by atomic mass is 15.2. The Morgan fingerprint density at radius 3 is 2.50 bits per heavy atom. The van der Waals surface area contributed by atoms with Crippen molar-refractivity contribution in [1.82, 2.24) is 15.1 Å². The predicted octanol–water partition coefficient (Wildman–Crippen LogP) is 0.327. The summed E-state index contributed by atoms with van der Waals surface area (Å²) in [5.41, 5.74) is 5.74. The molecule has 1 aliphatic heterocycles. The molecule has 1 fully saturated rings. The Morgan fingerprint density at radius 2 is 1.89 bits per heavy atom. The van der Waals surface area contributed by atoms with Gasteiger partial charge in [-0.3, -0.25) is 4.99 Å². The van der Waals surface area contributed by atoms with Crippen LogP contribution in [0.5, 0.6) is 0 Å². The summed E-state index contributed by atoms with van der Waals surface area (Å²) in [6, 6.07) is 0.360. The van der Waals surface area contributed by atoms with Crippen molar-refractivity contribution in [1.29, 1.82) is 0 Å². The fourth-order valence-electron chi connectivity index (χ4n) is 2.06. The number of hydrogen-bond acceptors (Lipinski definition) is 3. The summed E-state index contributed by atoms with van der Waals surface area (Å²) in [7, 11) is 2.19. The van der Waals surface area contributed by atoms with E-state index in [2.05, 4.69) is 41.0 Å². The molecule has 0 aromatic carbocycles. The van der Waals surface area contributed by atoms with Gasteiger partial charge in [0.25, 0.3) is 0 Å². The zero-order valence-corrected chi connectivity index (χ0v) is 12.2. The van der Waals surface area contributed by atoms with E-state index in [0.29, 0.717) is 12.0 Å². The van der Waals surface area contributed by atoms with Crippen molar-refractivity contribution in [2.45, 2.75) is 32.7 Å². The molecule has 0 atom stereocenters. The van der Waals surface area contributed by atoms with E-state index in [0.717, 1.165) is 13.0 Å². The van der Waals surface area contributed by atoms with E-state index in [1.54, 1.807) is 0 Å². The summed E-state index contributed by atoms with van der Waals surface area (Å²) in [5, 5.41) is 3.10. The van der Waals surface area contributed by atoms with Crippen LogP contribution in [0.25, 0.3) is 0 Å². The van der Waals surface area contributed by atoms with Crippen molar-refractivity contribution in [3.05, 3.63) is 0 Å². The lowest BCUT2D eigenvalue weighted by Gasteiger charge is -2.32. The minimum Gasteiger partial charge on any atom is -0.370 e. The van der Waals surface area contributed by atoms with Gasteiger partial charge in [-0.05, 0) is 40.3 Å². The molecule has 1 saturated heterocycles. The Balaban J connectivity index is 2.01. The standard InChI is InChI=1S/C13H29N5/c1-12(2)16-13(14)15-6-4-5-7-18-10-8-17(3)9-11-18/h12H,4-11H2,1-3H3,(H3,14,15,16). The number of piperazine rings is 1. The maximum absolute atomic E-state index is 5.74. The molecule has 5 nitrogen and oxygen atoms in total. The topological polar surface area (TPSA) is 56.9 Å². The highest BCUT2D eigenvalue weighted by molar-refractivity contribution is 5.77. The van der Waals surface area contributed by atoms with E-state index in [1.165, 1.54) is 39.1 Å². The molecule has 0 unspecified atom stereocenters. The van der Waals surface area contributed by atoms with Crippen LogP contribution in [0.4, 0.5) is 0 Å². The minimum absolute atomic E-state index is 0.360. The number of nitrogens with one attached hydrogen (secondary N) is 1. The first-order valence-corrected chi connectivity index (χ1v) is 7.05. The van der Waals surface area contributed by atoms with Gasteiger partial charge in [0.15, 0.2) is 5.96 Å². The van der Waals surface area contributed by atoms with E-state index in [9.17, 15) is 0 Å². The van der Waals surface area contributed by atoms with Crippen molar-refractivity contribution in [3.63, 3.8) is 0 Å².